The smallest absolute Gasteiger partial charge is 0.309 e. The number of benzene rings is 1. The number of esters is 1. The number of carbonyl (C=O) groups excluding carboxylic acids is 2. The molecule has 160 valence electrons. The topological polar surface area (TPSA) is 63.5 Å². The maximum atomic E-state index is 13.0. The van der Waals surface area contributed by atoms with Crippen LogP contribution in [0.1, 0.15) is 26.7 Å². The molecule has 1 aromatic carbocycles. The number of likely N-dealkylation sites (tertiary alicyclic amines) is 1. The van der Waals surface area contributed by atoms with Crippen LogP contribution in [0.2, 0.25) is 0 Å². The first-order chi connectivity index (χ1) is 14.0. The van der Waals surface area contributed by atoms with Crippen LogP contribution in [0.3, 0.4) is 0 Å². The van der Waals surface area contributed by atoms with Gasteiger partial charge < -0.3 is 24.2 Å². The third kappa shape index (κ3) is 5.21. The van der Waals surface area contributed by atoms with Crippen molar-refractivity contribution in [3.8, 4) is 5.75 Å². The molecule has 0 bridgehead atoms. The highest BCUT2D eigenvalue weighted by molar-refractivity contribution is 5.80. The Morgan fingerprint density at radius 3 is 2.28 bits per heavy atom. The number of hydrogen-bond donors (Lipinski definition) is 1. The SMILES string of the molecule is CCOC(=O)C1CCN(C(=O)[C@@H](C)[NH+]2CCN(c3ccc(OC)cc3)CC2)CC1. The normalized spacial score (nSPS) is 19.7. The van der Waals surface area contributed by atoms with Gasteiger partial charge in [-0.2, -0.15) is 0 Å². The standard InChI is InChI=1S/C22H33N3O4/c1-4-29-22(27)18-9-11-25(12-10-18)21(26)17(2)23-13-15-24(16-14-23)19-5-7-20(28-3)8-6-19/h5-8,17-18H,4,9-16H2,1-3H3/p+1/t17-/m1/s1. The molecule has 1 aromatic rings. The number of anilines is 1. The lowest BCUT2D eigenvalue weighted by molar-refractivity contribution is -0.915. The molecule has 7 heteroatoms. The predicted molar refractivity (Wildman–Crippen MR) is 111 cm³/mol. The van der Waals surface area contributed by atoms with Gasteiger partial charge in [-0.15, -0.1) is 0 Å². The van der Waals surface area contributed by atoms with Crippen molar-refractivity contribution in [2.45, 2.75) is 32.7 Å². The molecule has 1 N–H and O–H groups in total. The van der Waals surface area contributed by atoms with Crippen LogP contribution in [-0.4, -0.2) is 75.8 Å². The number of hydrogen-bond acceptors (Lipinski definition) is 5. The van der Waals surface area contributed by atoms with Crippen LogP contribution < -0.4 is 14.5 Å². The first-order valence-corrected chi connectivity index (χ1v) is 10.7. The second-order valence-corrected chi connectivity index (χ2v) is 7.92. The van der Waals surface area contributed by atoms with E-state index >= 15 is 0 Å². The molecule has 2 heterocycles. The van der Waals surface area contributed by atoms with Gasteiger partial charge in [-0.3, -0.25) is 9.59 Å². The van der Waals surface area contributed by atoms with E-state index in [0.29, 0.717) is 32.5 Å². The summed E-state index contributed by atoms with van der Waals surface area (Å²) in [5, 5.41) is 0. The van der Waals surface area contributed by atoms with Gasteiger partial charge in [0.15, 0.2) is 6.04 Å². The minimum absolute atomic E-state index is 0.0489. The van der Waals surface area contributed by atoms with Crippen LogP contribution in [0, 0.1) is 5.92 Å². The maximum absolute atomic E-state index is 13.0. The second kappa shape index (κ2) is 9.96. The molecule has 1 atom stereocenters. The first-order valence-electron chi connectivity index (χ1n) is 10.7. The fourth-order valence-electron chi connectivity index (χ4n) is 4.32. The Hall–Kier alpha value is -2.28. The van der Waals surface area contributed by atoms with Crippen molar-refractivity contribution in [1.29, 1.82) is 0 Å². The number of amides is 1. The van der Waals surface area contributed by atoms with Gasteiger partial charge >= 0.3 is 5.97 Å². The van der Waals surface area contributed by atoms with Crippen molar-refractivity contribution in [3.05, 3.63) is 24.3 Å². The zero-order valence-electron chi connectivity index (χ0n) is 17.9. The summed E-state index contributed by atoms with van der Waals surface area (Å²) in [4.78, 5) is 30.5. The van der Waals surface area contributed by atoms with Crippen molar-refractivity contribution in [1.82, 2.24) is 4.90 Å². The van der Waals surface area contributed by atoms with Crippen LogP contribution in [0.25, 0.3) is 0 Å². The zero-order chi connectivity index (χ0) is 20.8. The van der Waals surface area contributed by atoms with Crippen LogP contribution in [0.5, 0.6) is 5.75 Å². The zero-order valence-corrected chi connectivity index (χ0v) is 17.9. The number of piperidine rings is 1. The molecule has 0 aromatic heterocycles. The van der Waals surface area contributed by atoms with Gasteiger partial charge in [0.05, 0.1) is 45.8 Å². The van der Waals surface area contributed by atoms with E-state index < -0.39 is 0 Å². The number of nitrogens with one attached hydrogen (secondary N) is 1. The minimum Gasteiger partial charge on any atom is -0.497 e. The summed E-state index contributed by atoms with van der Waals surface area (Å²) in [5.74, 6) is 0.895. The van der Waals surface area contributed by atoms with E-state index in [-0.39, 0.29) is 23.8 Å². The minimum atomic E-state index is -0.118. The molecule has 0 radical (unpaired) electrons. The number of nitrogens with zero attached hydrogens (tertiary/aromatic N) is 2. The van der Waals surface area contributed by atoms with E-state index in [0.717, 1.165) is 31.9 Å². The molecule has 0 saturated carbocycles. The lowest BCUT2D eigenvalue weighted by Crippen LogP contribution is -3.19. The fourth-order valence-corrected chi connectivity index (χ4v) is 4.32. The van der Waals surface area contributed by atoms with Crippen molar-refractivity contribution < 1.29 is 24.0 Å². The molecule has 2 saturated heterocycles. The highest BCUT2D eigenvalue weighted by atomic mass is 16.5. The summed E-state index contributed by atoms with van der Waals surface area (Å²) >= 11 is 0. The lowest BCUT2D eigenvalue weighted by atomic mass is 9.96. The quantitative estimate of drug-likeness (QED) is 0.704. The molecular weight excluding hydrogens is 370 g/mol. The lowest BCUT2D eigenvalue weighted by Gasteiger charge is -2.38. The van der Waals surface area contributed by atoms with Gasteiger partial charge in [-0.1, -0.05) is 0 Å². The number of rotatable bonds is 6. The molecular formula is C22H34N3O4+. The van der Waals surface area contributed by atoms with E-state index in [2.05, 4.69) is 17.0 Å². The third-order valence-electron chi connectivity index (χ3n) is 6.25. The summed E-state index contributed by atoms with van der Waals surface area (Å²) in [6, 6.07) is 8.10. The highest BCUT2D eigenvalue weighted by Gasteiger charge is 2.35. The molecule has 2 aliphatic rings. The molecule has 2 fully saturated rings. The Labute approximate surface area is 173 Å². The summed E-state index contributed by atoms with van der Waals surface area (Å²) in [6.45, 7) is 9.34. The number of methoxy groups -OCH3 is 1. The number of ether oxygens (including phenoxy) is 2. The average molecular weight is 405 g/mol. The maximum Gasteiger partial charge on any atom is 0.309 e. The molecule has 0 aliphatic carbocycles. The van der Waals surface area contributed by atoms with E-state index in [1.807, 2.05) is 30.9 Å². The van der Waals surface area contributed by atoms with Gasteiger partial charge in [0.1, 0.15) is 5.75 Å². The van der Waals surface area contributed by atoms with Crippen molar-refractivity contribution >= 4 is 17.6 Å². The third-order valence-corrected chi connectivity index (χ3v) is 6.25. The highest BCUT2D eigenvalue weighted by Crippen LogP contribution is 2.20. The Morgan fingerprint density at radius 1 is 1.10 bits per heavy atom. The molecule has 3 rings (SSSR count). The van der Waals surface area contributed by atoms with Crippen LogP contribution >= 0.6 is 0 Å². The van der Waals surface area contributed by atoms with Crippen LogP contribution in [-0.2, 0) is 14.3 Å². The van der Waals surface area contributed by atoms with Gasteiger partial charge in [-0.05, 0) is 51.0 Å². The molecule has 29 heavy (non-hydrogen) atoms. The number of carbonyl (C=O) groups is 2. The van der Waals surface area contributed by atoms with E-state index in [4.69, 9.17) is 9.47 Å². The Morgan fingerprint density at radius 2 is 1.72 bits per heavy atom. The summed E-state index contributed by atoms with van der Waals surface area (Å²) < 4.78 is 10.4. The average Bonchev–Trinajstić information content (AvgIpc) is 2.78. The van der Waals surface area contributed by atoms with E-state index in [1.54, 1.807) is 7.11 Å². The second-order valence-electron chi connectivity index (χ2n) is 7.92. The molecule has 0 spiro atoms. The van der Waals surface area contributed by atoms with Gasteiger partial charge in [0.25, 0.3) is 5.91 Å². The predicted octanol–water partition coefficient (Wildman–Crippen LogP) is 0.590. The Bertz CT molecular complexity index is 678. The van der Waals surface area contributed by atoms with Crippen LogP contribution in [0.15, 0.2) is 24.3 Å². The fraction of sp³-hybridized carbons (Fsp3) is 0.636. The van der Waals surface area contributed by atoms with Crippen molar-refractivity contribution in [2.24, 2.45) is 5.92 Å². The first kappa shape index (κ1) is 21.4. The molecule has 0 unspecified atom stereocenters. The van der Waals surface area contributed by atoms with Gasteiger partial charge in [-0.25, -0.2) is 0 Å². The molecule has 7 nitrogen and oxygen atoms in total. The summed E-state index contributed by atoms with van der Waals surface area (Å²) in [6.07, 6.45) is 1.41. The van der Waals surface area contributed by atoms with Gasteiger partial charge in [0, 0.05) is 18.8 Å². The van der Waals surface area contributed by atoms with E-state index in [9.17, 15) is 9.59 Å². The monoisotopic (exact) mass is 404 g/mol. The van der Waals surface area contributed by atoms with Gasteiger partial charge in [0.2, 0.25) is 0 Å². The Balaban J connectivity index is 1.47. The Kier molecular flexibility index (Phi) is 7.36. The summed E-state index contributed by atoms with van der Waals surface area (Å²) in [7, 11) is 1.68. The van der Waals surface area contributed by atoms with E-state index in [1.165, 1.54) is 10.6 Å². The molecule has 2 aliphatic heterocycles. The molecule has 1 amide bonds. The largest absolute Gasteiger partial charge is 0.497 e. The van der Waals surface area contributed by atoms with Crippen molar-refractivity contribution in [2.75, 3.05) is 57.9 Å². The number of quaternary nitrogens is 1. The van der Waals surface area contributed by atoms with Crippen molar-refractivity contribution in [3.63, 3.8) is 0 Å². The number of piperazine rings is 1. The van der Waals surface area contributed by atoms with Crippen LogP contribution in [0.4, 0.5) is 5.69 Å². The summed E-state index contributed by atoms with van der Waals surface area (Å²) in [5.41, 5.74) is 1.20.